The first kappa shape index (κ1) is 14.0. The zero-order chi connectivity index (χ0) is 14.0. The zero-order valence-corrected chi connectivity index (χ0v) is 12.5. The van der Waals surface area contributed by atoms with Gasteiger partial charge in [-0.2, -0.15) is 0 Å². The van der Waals surface area contributed by atoms with Gasteiger partial charge in [-0.1, -0.05) is 28.1 Å². The van der Waals surface area contributed by atoms with Crippen LogP contribution in [0, 0.1) is 12.3 Å². The van der Waals surface area contributed by atoms with Crippen LogP contribution in [0.1, 0.15) is 17.2 Å². The summed E-state index contributed by atoms with van der Waals surface area (Å²) in [4.78, 5) is 13.5. The Kier molecular flexibility index (Phi) is 4.21. The molecule has 0 radical (unpaired) electrons. The minimum atomic E-state index is -0.352. The molecule has 0 bridgehead atoms. The predicted octanol–water partition coefficient (Wildman–Crippen LogP) is 2.45. The fraction of sp³-hybridized carbons (Fsp3) is 0.385. The highest BCUT2D eigenvalue weighted by molar-refractivity contribution is 9.10. The summed E-state index contributed by atoms with van der Waals surface area (Å²) in [5, 5.41) is 10.5. The molecule has 0 aliphatic carbocycles. The molecule has 6 heteroatoms. The van der Waals surface area contributed by atoms with Crippen LogP contribution in [0.25, 0.3) is 0 Å². The molecular weight excluding hydrogens is 310 g/mol. The standard InChI is InChI=1S/C13H16BrN3O2/c1-8-7-9(3-4-10(8)14)11-12(15)16-13(18)17(11)5-6-19-2/h3-4,7,11H,5-6H2,1-2H3,(H2,15,16,18). The van der Waals surface area contributed by atoms with Crippen molar-refractivity contribution in [2.75, 3.05) is 20.3 Å². The molecule has 5 nitrogen and oxygen atoms in total. The van der Waals surface area contributed by atoms with Gasteiger partial charge in [0.2, 0.25) is 0 Å². The van der Waals surface area contributed by atoms with Gasteiger partial charge < -0.3 is 9.64 Å². The first-order valence-electron chi connectivity index (χ1n) is 5.95. The molecule has 1 aromatic rings. The van der Waals surface area contributed by atoms with Crippen LogP contribution in [0.15, 0.2) is 22.7 Å². The van der Waals surface area contributed by atoms with E-state index in [1.807, 2.05) is 25.1 Å². The van der Waals surface area contributed by atoms with Crippen molar-refractivity contribution in [2.45, 2.75) is 13.0 Å². The van der Waals surface area contributed by atoms with E-state index in [9.17, 15) is 4.79 Å². The van der Waals surface area contributed by atoms with Crippen LogP contribution in [-0.4, -0.2) is 37.0 Å². The smallest absolute Gasteiger partial charge is 0.323 e. The van der Waals surface area contributed by atoms with Crippen LogP contribution in [0.3, 0.4) is 0 Å². The van der Waals surface area contributed by atoms with Crippen molar-refractivity contribution in [1.29, 1.82) is 5.41 Å². The second-order valence-corrected chi connectivity index (χ2v) is 5.30. The summed E-state index contributed by atoms with van der Waals surface area (Å²) in [5.74, 6) is 0.211. The van der Waals surface area contributed by atoms with Gasteiger partial charge in [-0.15, -0.1) is 0 Å². The molecule has 1 aliphatic heterocycles. The summed E-state index contributed by atoms with van der Waals surface area (Å²) in [6, 6.07) is 5.26. The number of halogens is 1. The molecule has 1 fully saturated rings. The maximum atomic E-state index is 11.8. The minimum absolute atomic E-state index is 0.211. The van der Waals surface area contributed by atoms with Crippen molar-refractivity contribution in [1.82, 2.24) is 10.2 Å². The number of amides is 2. The summed E-state index contributed by atoms with van der Waals surface area (Å²) in [6.07, 6.45) is 0. The molecule has 19 heavy (non-hydrogen) atoms. The van der Waals surface area contributed by atoms with Crippen LogP contribution in [-0.2, 0) is 4.74 Å². The summed E-state index contributed by atoms with van der Waals surface area (Å²) in [6.45, 7) is 2.90. The minimum Gasteiger partial charge on any atom is -0.383 e. The van der Waals surface area contributed by atoms with Gasteiger partial charge in [0, 0.05) is 18.1 Å². The lowest BCUT2D eigenvalue weighted by Crippen LogP contribution is -2.32. The predicted molar refractivity (Wildman–Crippen MR) is 76.5 cm³/mol. The van der Waals surface area contributed by atoms with E-state index in [2.05, 4.69) is 21.2 Å². The van der Waals surface area contributed by atoms with Crippen molar-refractivity contribution in [3.05, 3.63) is 33.8 Å². The Morgan fingerprint density at radius 1 is 1.53 bits per heavy atom. The Morgan fingerprint density at radius 3 is 2.89 bits per heavy atom. The molecule has 102 valence electrons. The van der Waals surface area contributed by atoms with Gasteiger partial charge >= 0.3 is 6.03 Å². The van der Waals surface area contributed by atoms with Gasteiger partial charge in [0.1, 0.15) is 11.9 Å². The molecule has 0 saturated carbocycles. The van der Waals surface area contributed by atoms with Crippen molar-refractivity contribution in [3.63, 3.8) is 0 Å². The molecule has 1 heterocycles. The van der Waals surface area contributed by atoms with E-state index in [0.717, 1.165) is 15.6 Å². The van der Waals surface area contributed by atoms with Crippen molar-refractivity contribution < 1.29 is 9.53 Å². The number of amidine groups is 1. The molecule has 1 unspecified atom stereocenters. The third-order valence-electron chi connectivity index (χ3n) is 3.12. The highest BCUT2D eigenvalue weighted by atomic mass is 79.9. The number of nitrogens with zero attached hydrogens (tertiary/aromatic N) is 1. The lowest BCUT2D eigenvalue weighted by molar-refractivity contribution is 0.151. The van der Waals surface area contributed by atoms with E-state index in [4.69, 9.17) is 10.1 Å². The van der Waals surface area contributed by atoms with E-state index >= 15 is 0 Å². The van der Waals surface area contributed by atoms with Crippen LogP contribution in [0.2, 0.25) is 0 Å². The Labute approximate surface area is 120 Å². The van der Waals surface area contributed by atoms with E-state index in [0.29, 0.717) is 13.2 Å². The van der Waals surface area contributed by atoms with Gasteiger partial charge in [0.05, 0.1) is 6.61 Å². The highest BCUT2D eigenvalue weighted by Gasteiger charge is 2.36. The third kappa shape index (κ3) is 2.79. The van der Waals surface area contributed by atoms with Crippen molar-refractivity contribution in [2.24, 2.45) is 0 Å². The highest BCUT2D eigenvalue weighted by Crippen LogP contribution is 2.28. The number of ether oxygens (including phenoxy) is 1. The number of benzene rings is 1. The van der Waals surface area contributed by atoms with Crippen LogP contribution < -0.4 is 5.32 Å². The van der Waals surface area contributed by atoms with Gasteiger partial charge in [-0.05, 0) is 24.1 Å². The Balaban J connectivity index is 2.30. The molecular formula is C13H16BrN3O2. The maximum Gasteiger partial charge on any atom is 0.323 e. The van der Waals surface area contributed by atoms with Gasteiger partial charge in [0.25, 0.3) is 0 Å². The van der Waals surface area contributed by atoms with Crippen LogP contribution in [0.5, 0.6) is 0 Å². The second kappa shape index (κ2) is 5.71. The van der Waals surface area contributed by atoms with Crippen LogP contribution >= 0.6 is 15.9 Å². The number of carbonyl (C=O) groups is 1. The largest absolute Gasteiger partial charge is 0.383 e. The Hall–Kier alpha value is -1.40. The molecule has 1 aliphatic rings. The first-order valence-corrected chi connectivity index (χ1v) is 6.75. The average Bonchev–Trinajstić information content (AvgIpc) is 2.65. The summed E-state index contributed by atoms with van der Waals surface area (Å²) in [7, 11) is 1.60. The molecule has 1 saturated heterocycles. The van der Waals surface area contributed by atoms with Crippen LogP contribution in [0.4, 0.5) is 4.79 Å². The molecule has 0 spiro atoms. The number of methoxy groups -OCH3 is 1. The summed E-state index contributed by atoms with van der Waals surface area (Å²) in [5.41, 5.74) is 2.01. The number of urea groups is 1. The normalized spacial score (nSPS) is 18.9. The first-order chi connectivity index (χ1) is 9.04. The lowest BCUT2D eigenvalue weighted by Gasteiger charge is -2.23. The number of aryl methyl sites for hydroxylation is 1. The van der Waals surface area contributed by atoms with Gasteiger partial charge in [-0.3, -0.25) is 10.7 Å². The van der Waals surface area contributed by atoms with E-state index in [-0.39, 0.29) is 17.9 Å². The summed E-state index contributed by atoms with van der Waals surface area (Å²) >= 11 is 3.45. The quantitative estimate of drug-likeness (QED) is 0.893. The SMILES string of the molecule is COCCN1C(=O)NC(=N)C1c1ccc(Br)c(C)c1. The van der Waals surface area contributed by atoms with E-state index < -0.39 is 0 Å². The number of nitrogens with one attached hydrogen (secondary N) is 2. The third-order valence-corrected chi connectivity index (χ3v) is 4.01. The number of hydrogen-bond acceptors (Lipinski definition) is 3. The maximum absolute atomic E-state index is 11.8. The van der Waals surface area contributed by atoms with Gasteiger partial charge in [-0.25, -0.2) is 4.79 Å². The molecule has 2 rings (SSSR count). The number of rotatable bonds is 4. The van der Waals surface area contributed by atoms with E-state index in [1.165, 1.54) is 0 Å². The molecule has 2 amide bonds. The van der Waals surface area contributed by atoms with E-state index in [1.54, 1.807) is 12.0 Å². The number of hydrogen-bond donors (Lipinski definition) is 2. The molecule has 1 atom stereocenters. The van der Waals surface area contributed by atoms with Crippen molar-refractivity contribution in [3.8, 4) is 0 Å². The topological polar surface area (TPSA) is 65.4 Å². The molecule has 0 aromatic heterocycles. The van der Waals surface area contributed by atoms with Crippen molar-refractivity contribution >= 4 is 27.8 Å². The average molecular weight is 326 g/mol. The fourth-order valence-corrected chi connectivity index (χ4v) is 2.38. The Bertz CT molecular complexity index is 519. The monoisotopic (exact) mass is 325 g/mol. The fourth-order valence-electron chi connectivity index (χ4n) is 2.13. The molecule has 1 aromatic carbocycles. The lowest BCUT2D eigenvalue weighted by atomic mass is 10.0. The molecule has 2 N–H and O–H groups in total. The second-order valence-electron chi connectivity index (χ2n) is 4.44. The van der Waals surface area contributed by atoms with Gasteiger partial charge in [0.15, 0.2) is 0 Å². The Morgan fingerprint density at radius 2 is 2.26 bits per heavy atom. The summed E-state index contributed by atoms with van der Waals surface area (Å²) < 4.78 is 6.03. The zero-order valence-electron chi connectivity index (χ0n) is 10.9. The number of carbonyl (C=O) groups excluding carboxylic acids is 1.